The lowest BCUT2D eigenvalue weighted by atomic mass is 10.1. The normalized spacial score (nSPS) is 11.9. The molecule has 0 spiro atoms. The van der Waals surface area contributed by atoms with Crippen molar-refractivity contribution in [3.63, 3.8) is 0 Å². The quantitative estimate of drug-likeness (QED) is 0.718. The second-order valence-corrected chi connectivity index (χ2v) is 5.83. The van der Waals surface area contributed by atoms with Crippen molar-refractivity contribution in [3.05, 3.63) is 22.7 Å². The number of anilines is 1. The first kappa shape index (κ1) is 17.5. The summed E-state index contributed by atoms with van der Waals surface area (Å²) in [5, 5.41) is 5.18. The van der Waals surface area contributed by atoms with E-state index in [1.807, 2.05) is 13.8 Å². The molecule has 2 amide bonds. The van der Waals surface area contributed by atoms with Crippen LogP contribution in [-0.4, -0.2) is 31.5 Å². The molecule has 4 N–H and O–H groups in total. The Morgan fingerprint density at radius 1 is 1.33 bits per heavy atom. The summed E-state index contributed by atoms with van der Waals surface area (Å²) in [6.45, 7) is 3.56. The van der Waals surface area contributed by atoms with Crippen molar-refractivity contribution in [2.45, 2.75) is 19.9 Å². The second-order valence-electron chi connectivity index (χ2n) is 4.92. The lowest BCUT2D eigenvalue weighted by molar-refractivity contribution is -0.125. The van der Waals surface area contributed by atoms with Gasteiger partial charge in [-0.05, 0) is 18.1 Å². The third-order valence-corrected chi connectivity index (χ3v) is 3.29. The Kier molecular flexibility index (Phi) is 6.64. The number of carbonyl (C=O) groups excluding carboxylic acids is 2. The molecule has 0 saturated carbocycles. The van der Waals surface area contributed by atoms with Gasteiger partial charge < -0.3 is 21.1 Å². The van der Waals surface area contributed by atoms with Crippen LogP contribution in [0.5, 0.6) is 5.75 Å². The highest BCUT2D eigenvalue weighted by Crippen LogP contribution is 2.24. The van der Waals surface area contributed by atoms with Gasteiger partial charge in [-0.15, -0.1) is 0 Å². The fourth-order valence-electron chi connectivity index (χ4n) is 1.55. The van der Waals surface area contributed by atoms with Gasteiger partial charge in [0, 0.05) is 16.2 Å². The summed E-state index contributed by atoms with van der Waals surface area (Å²) in [7, 11) is 1.54. The van der Waals surface area contributed by atoms with Crippen molar-refractivity contribution >= 4 is 33.4 Å². The van der Waals surface area contributed by atoms with Crippen molar-refractivity contribution in [3.8, 4) is 5.75 Å². The monoisotopic (exact) mass is 357 g/mol. The van der Waals surface area contributed by atoms with E-state index in [0.717, 1.165) is 4.47 Å². The summed E-state index contributed by atoms with van der Waals surface area (Å²) in [6, 6.07) is 4.58. The summed E-state index contributed by atoms with van der Waals surface area (Å²) in [6.07, 6.45) is 0. The number of hydrogen-bond donors (Lipinski definition) is 3. The topological polar surface area (TPSA) is 93.5 Å². The van der Waals surface area contributed by atoms with Crippen LogP contribution in [0.3, 0.4) is 0 Å². The van der Waals surface area contributed by atoms with Crippen LogP contribution in [-0.2, 0) is 9.59 Å². The highest BCUT2D eigenvalue weighted by molar-refractivity contribution is 9.10. The Bertz CT molecular complexity index is 520. The van der Waals surface area contributed by atoms with Gasteiger partial charge in [0.05, 0.1) is 19.7 Å². The molecule has 0 unspecified atom stereocenters. The molecule has 0 aliphatic rings. The maximum Gasteiger partial charge on any atom is 0.243 e. The third-order valence-electron chi connectivity index (χ3n) is 2.83. The SMILES string of the molecule is COc1cc(Br)cc(NC(=O)CNC(=O)[C@@H](N)C(C)C)c1. The molecule has 1 aromatic rings. The molecule has 1 atom stereocenters. The molecule has 1 aromatic carbocycles. The van der Waals surface area contributed by atoms with Gasteiger partial charge >= 0.3 is 0 Å². The molecule has 0 aromatic heterocycles. The standard InChI is InChI=1S/C14H20BrN3O3/c1-8(2)13(16)14(20)17-7-12(19)18-10-4-9(15)5-11(6-10)21-3/h4-6,8,13H,7,16H2,1-3H3,(H,17,20)(H,18,19)/t13-/m0/s1. The molecule has 7 heteroatoms. The molecular formula is C14H20BrN3O3. The van der Waals surface area contributed by atoms with Crippen molar-refractivity contribution in [2.24, 2.45) is 11.7 Å². The van der Waals surface area contributed by atoms with E-state index in [2.05, 4.69) is 26.6 Å². The van der Waals surface area contributed by atoms with Crippen molar-refractivity contribution in [1.82, 2.24) is 5.32 Å². The van der Waals surface area contributed by atoms with E-state index in [9.17, 15) is 9.59 Å². The van der Waals surface area contributed by atoms with Crippen LogP contribution >= 0.6 is 15.9 Å². The Labute approximate surface area is 132 Å². The van der Waals surface area contributed by atoms with Gasteiger partial charge in [0.1, 0.15) is 5.75 Å². The van der Waals surface area contributed by atoms with Gasteiger partial charge in [-0.1, -0.05) is 29.8 Å². The van der Waals surface area contributed by atoms with E-state index in [1.54, 1.807) is 25.3 Å². The Morgan fingerprint density at radius 3 is 2.57 bits per heavy atom. The minimum Gasteiger partial charge on any atom is -0.497 e. The zero-order valence-electron chi connectivity index (χ0n) is 12.3. The number of carbonyl (C=O) groups is 2. The molecule has 21 heavy (non-hydrogen) atoms. The first-order valence-corrected chi connectivity index (χ1v) is 7.30. The minimum atomic E-state index is -0.622. The predicted molar refractivity (Wildman–Crippen MR) is 85.1 cm³/mol. The maximum atomic E-state index is 11.8. The molecule has 0 saturated heterocycles. The smallest absolute Gasteiger partial charge is 0.243 e. The summed E-state index contributed by atoms with van der Waals surface area (Å²) in [4.78, 5) is 23.4. The molecule has 0 aliphatic heterocycles. The molecule has 1 rings (SSSR count). The molecular weight excluding hydrogens is 338 g/mol. The number of hydrogen-bond acceptors (Lipinski definition) is 4. The lowest BCUT2D eigenvalue weighted by Crippen LogP contribution is -2.46. The fourth-order valence-corrected chi connectivity index (χ4v) is 2.02. The van der Waals surface area contributed by atoms with Crippen LogP contribution in [0.15, 0.2) is 22.7 Å². The van der Waals surface area contributed by atoms with E-state index in [1.165, 1.54) is 0 Å². The Balaban J connectivity index is 2.54. The van der Waals surface area contributed by atoms with E-state index in [0.29, 0.717) is 11.4 Å². The minimum absolute atomic E-state index is 0.0161. The van der Waals surface area contributed by atoms with Gasteiger partial charge in [0.2, 0.25) is 11.8 Å². The molecule has 0 radical (unpaired) electrons. The zero-order valence-corrected chi connectivity index (χ0v) is 13.9. The van der Waals surface area contributed by atoms with E-state index in [-0.39, 0.29) is 24.3 Å². The van der Waals surface area contributed by atoms with Gasteiger partial charge in [-0.3, -0.25) is 9.59 Å². The average molecular weight is 358 g/mol. The number of nitrogens with two attached hydrogens (primary N) is 1. The van der Waals surface area contributed by atoms with Crippen molar-refractivity contribution in [1.29, 1.82) is 0 Å². The number of amides is 2. The molecule has 6 nitrogen and oxygen atoms in total. The maximum absolute atomic E-state index is 11.8. The average Bonchev–Trinajstić information content (AvgIpc) is 2.42. The van der Waals surface area contributed by atoms with Crippen LogP contribution in [0.25, 0.3) is 0 Å². The van der Waals surface area contributed by atoms with Crippen molar-refractivity contribution < 1.29 is 14.3 Å². The summed E-state index contributed by atoms with van der Waals surface area (Å²) in [5.74, 6) is -0.0422. The van der Waals surface area contributed by atoms with Gasteiger partial charge in [-0.25, -0.2) is 0 Å². The van der Waals surface area contributed by atoms with E-state index in [4.69, 9.17) is 10.5 Å². The van der Waals surface area contributed by atoms with E-state index < -0.39 is 6.04 Å². The fraction of sp³-hybridized carbons (Fsp3) is 0.429. The number of benzene rings is 1. The van der Waals surface area contributed by atoms with Crippen molar-refractivity contribution in [2.75, 3.05) is 19.0 Å². The number of nitrogens with one attached hydrogen (secondary N) is 2. The van der Waals surface area contributed by atoms with Crippen LogP contribution in [0, 0.1) is 5.92 Å². The number of ether oxygens (including phenoxy) is 1. The van der Waals surface area contributed by atoms with Crippen LogP contribution < -0.4 is 21.1 Å². The summed E-state index contributed by atoms with van der Waals surface area (Å²) >= 11 is 3.32. The molecule has 0 heterocycles. The Hall–Kier alpha value is -1.60. The van der Waals surface area contributed by atoms with Gasteiger partial charge in [-0.2, -0.15) is 0 Å². The molecule has 0 aliphatic carbocycles. The summed E-state index contributed by atoms with van der Waals surface area (Å²) in [5.41, 5.74) is 6.27. The van der Waals surface area contributed by atoms with Crippen LogP contribution in [0.4, 0.5) is 5.69 Å². The van der Waals surface area contributed by atoms with E-state index >= 15 is 0 Å². The number of methoxy groups -OCH3 is 1. The first-order chi connectivity index (χ1) is 9.83. The number of rotatable bonds is 6. The molecule has 116 valence electrons. The lowest BCUT2D eigenvalue weighted by Gasteiger charge is -2.15. The highest BCUT2D eigenvalue weighted by atomic mass is 79.9. The largest absolute Gasteiger partial charge is 0.497 e. The number of halogens is 1. The zero-order chi connectivity index (χ0) is 16.0. The molecule has 0 fully saturated rings. The highest BCUT2D eigenvalue weighted by Gasteiger charge is 2.17. The second kappa shape index (κ2) is 7.99. The van der Waals surface area contributed by atoms with Crippen LogP contribution in [0.1, 0.15) is 13.8 Å². The first-order valence-electron chi connectivity index (χ1n) is 6.51. The summed E-state index contributed by atoms with van der Waals surface area (Å²) < 4.78 is 5.89. The molecule has 0 bridgehead atoms. The van der Waals surface area contributed by atoms with Gasteiger partial charge in [0.15, 0.2) is 0 Å². The predicted octanol–water partition coefficient (Wildman–Crippen LogP) is 1.50. The van der Waals surface area contributed by atoms with Gasteiger partial charge in [0.25, 0.3) is 0 Å². The third kappa shape index (κ3) is 5.73. The Morgan fingerprint density at radius 2 is 2.00 bits per heavy atom. The van der Waals surface area contributed by atoms with Crippen LogP contribution in [0.2, 0.25) is 0 Å².